The average Bonchev–Trinajstić information content (AvgIpc) is 2.26. The summed E-state index contributed by atoms with van der Waals surface area (Å²) >= 11 is 3.49. The van der Waals surface area contributed by atoms with Crippen molar-refractivity contribution in [2.24, 2.45) is 10.7 Å². The third-order valence-corrected chi connectivity index (χ3v) is 3.18. The van der Waals surface area contributed by atoms with Crippen molar-refractivity contribution in [3.63, 3.8) is 0 Å². The van der Waals surface area contributed by atoms with Gasteiger partial charge < -0.3 is 11.1 Å². The molecule has 0 aliphatic rings. The average molecular weight is 312 g/mol. The Balaban J connectivity index is 2.76. The van der Waals surface area contributed by atoms with E-state index in [4.69, 9.17) is 5.73 Å². The van der Waals surface area contributed by atoms with Crippen LogP contribution in [0.15, 0.2) is 33.7 Å². The van der Waals surface area contributed by atoms with E-state index >= 15 is 0 Å². The van der Waals surface area contributed by atoms with Crippen molar-refractivity contribution in [2.75, 3.05) is 6.54 Å². The predicted molar refractivity (Wildman–Crippen MR) is 81.9 cm³/mol. The normalized spacial score (nSPS) is 12.9. The second kappa shape index (κ2) is 6.23. The van der Waals surface area contributed by atoms with Crippen molar-refractivity contribution < 1.29 is 0 Å². The third-order valence-electron chi connectivity index (χ3n) is 2.69. The molecule has 4 heteroatoms. The van der Waals surface area contributed by atoms with E-state index in [-0.39, 0.29) is 5.41 Å². The van der Waals surface area contributed by atoms with Crippen molar-refractivity contribution in [2.45, 2.75) is 39.2 Å². The highest BCUT2D eigenvalue weighted by Crippen LogP contribution is 2.25. The van der Waals surface area contributed by atoms with Crippen molar-refractivity contribution >= 4 is 21.9 Å². The monoisotopic (exact) mass is 311 g/mol. The molecule has 1 aromatic carbocycles. The summed E-state index contributed by atoms with van der Waals surface area (Å²) in [6.45, 7) is 9.08. The standard InChI is InChI=1S/C14H22BrN3/c1-10(2)18-13(16)17-9-14(3,4)11-6-5-7-12(15)8-11/h5-8,10H,9H2,1-4H3,(H3,16,17,18). The van der Waals surface area contributed by atoms with Gasteiger partial charge in [0.2, 0.25) is 0 Å². The Morgan fingerprint density at radius 3 is 2.67 bits per heavy atom. The highest BCUT2D eigenvalue weighted by atomic mass is 79.9. The summed E-state index contributed by atoms with van der Waals surface area (Å²) in [6, 6.07) is 8.62. The van der Waals surface area contributed by atoms with Gasteiger partial charge in [-0.2, -0.15) is 0 Å². The quantitative estimate of drug-likeness (QED) is 0.663. The number of rotatable bonds is 4. The van der Waals surface area contributed by atoms with Crippen LogP contribution in [0.3, 0.4) is 0 Å². The fourth-order valence-corrected chi connectivity index (χ4v) is 2.02. The van der Waals surface area contributed by atoms with Gasteiger partial charge in [0.1, 0.15) is 0 Å². The summed E-state index contributed by atoms with van der Waals surface area (Å²) in [4.78, 5) is 4.41. The van der Waals surface area contributed by atoms with E-state index in [0.29, 0.717) is 18.5 Å². The van der Waals surface area contributed by atoms with E-state index < -0.39 is 0 Å². The van der Waals surface area contributed by atoms with Gasteiger partial charge in [-0.25, -0.2) is 0 Å². The van der Waals surface area contributed by atoms with Gasteiger partial charge in [-0.3, -0.25) is 4.99 Å². The highest BCUT2D eigenvalue weighted by molar-refractivity contribution is 9.10. The lowest BCUT2D eigenvalue weighted by Gasteiger charge is -2.23. The summed E-state index contributed by atoms with van der Waals surface area (Å²) in [6.07, 6.45) is 0. The molecule has 0 saturated carbocycles. The fraction of sp³-hybridized carbons (Fsp3) is 0.500. The smallest absolute Gasteiger partial charge is 0.188 e. The molecule has 18 heavy (non-hydrogen) atoms. The molecule has 100 valence electrons. The number of benzene rings is 1. The van der Waals surface area contributed by atoms with Gasteiger partial charge in [-0.1, -0.05) is 41.9 Å². The van der Waals surface area contributed by atoms with Crippen molar-refractivity contribution in [3.8, 4) is 0 Å². The Morgan fingerprint density at radius 2 is 2.11 bits per heavy atom. The molecule has 0 unspecified atom stereocenters. The van der Waals surface area contributed by atoms with Crippen LogP contribution in [0, 0.1) is 0 Å². The second-order valence-electron chi connectivity index (χ2n) is 5.39. The van der Waals surface area contributed by atoms with Crippen LogP contribution >= 0.6 is 15.9 Å². The number of nitrogens with two attached hydrogens (primary N) is 1. The molecule has 0 fully saturated rings. The summed E-state index contributed by atoms with van der Waals surface area (Å²) in [7, 11) is 0. The van der Waals surface area contributed by atoms with E-state index in [0.717, 1.165) is 4.47 Å². The number of nitrogens with zero attached hydrogens (tertiary/aromatic N) is 1. The molecule has 0 amide bonds. The van der Waals surface area contributed by atoms with Gasteiger partial charge in [0.05, 0.1) is 6.54 Å². The number of halogens is 1. The fourth-order valence-electron chi connectivity index (χ4n) is 1.62. The van der Waals surface area contributed by atoms with E-state index in [1.807, 2.05) is 26.0 Å². The van der Waals surface area contributed by atoms with Crippen molar-refractivity contribution in [1.82, 2.24) is 5.32 Å². The first-order valence-electron chi connectivity index (χ1n) is 6.14. The van der Waals surface area contributed by atoms with Gasteiger partial charge >= 0.3 is 0 Å². The van der Waals surface area contributed by atoms with E-state index in [9.17, 15) is 0 Å². The van der Waals surface area contributed by atoms with Crippen LogP contribution in [-0.2, 0) is 5.41 Å². The van der Waals surface area contributed by atoms with E-state index in [1.54, 1.807) is 0 Å². The summed E-state index contributed by atoms with van der Waals surface area (Å²) in [5, 5.41) is 3.10. The van der Waals surface area contributed by atoms with Crippen LogP contribution in [0.2, 0.25) is 0 Å². The van der Waals surface area contributed by atoms with Crippen LogP contribution in [0.5, 0.6) is 0 Å². The molecule has 0 heterocycles. The lowest BCUT2D eigenvalue weighted by Crippen LogP contribution is -2.38. The molecule has 1 aromatic rings. The molecular weight excluding hydrogens is 290 g/mol. The predicted octanol–water partition coefficient (Wildman–Crippen LogP) is 3.04. The molecule has 0 atom stereocenters. The molecule has 0 spiro atoms. The zero-order chi connectivity index (χ0) is 13.8. The maximum absolute atomic E-state index is 5.82. The van der Waals surface area contributed by atoms with Gasteiger partial charge in [-0.05, 0) is 31.5 Å². The molecule has 0 radical (unpaired) electrons. The molecular formula is C14H22BrN3. The lowest BCUT2D eigenvalue weighted by atomic mass is 9.85. The van der Waals surface area contributed by atoms with Gasteiger partial charge in [0, 0.05) is 15.9 Å². The second-order valence-corrected chi connectivity index (χ2v) is 6.31. The first-order valence-corrected chi connectivity index (χ1v) is 6.93. The maximum atomic E-state index is 5.82. The minimum Gasteiger partial charge on any atom is -0.370 e. The molecule has 3 N–H and O–H groups in total. The molecule has 1 rings (SSSR count). The number of guanidine groups is 1. The van der Waals surface area contributed by atoms with Gasteiger partial charge in [-0.15, -0.1) is 0 Å². The van der Waals surface area contributed by atoms with Crippen molar-refractivity contribution in [3.05, 3.63) is 34.3 Å². The largest absolute Gasteiger partial charge is 0.370 e. The van der Waals surface area contributed by atoms with Crippen LogP contribution in [0.1, 0.15) is 33.3 Å². The van der Waals surface area contributed by atoms with Gasteiger partial charge in [0.15, 0.2) is 5.96 Å². The maximum Gasteiger partial charge on any atom is 0.188 e. The minimum absolute atomic E-state index is 0.0347. The first-order chi connectivity index (χ1) is 8.31. The number of nitrogens with one attached hydrogen (secondary N) is 1. The summed E-state index contributed by atoms with van der Waals surface area (Å²) in [5.74, 6) is 0.507. The van der Waals surface area contributed by atoms with Crippen molar-refractivity contribution in [1.29, 1.82) is 0 Å². The molecule has 0 aliphatic carbocycles. The summed E-state index contributed by atoms with van der Waals surface area (Å²) in [5.41, 5.74) is 7.03. The highest BCUT2D eigenvalue weighted by Gasteiger charge is 2.20. The minimum atomic E-state index is -0.0347. The molecule has 0 aromatic heterocycles. The topological polar surface area (TPSA) is 50.4 Å². The molecule has 0 aliphatic heterocycles. The molecule has 0 saturated heterocycles. The Labute approximate surface area is 118 Å². The Kier molecular flexibility index (Phi) is 5.20. The van der Waals surface area contributed by atoms with Crippen LogP contribution in [0.25, 0.3) is 0 Å². The Morgan fingerprint density at radius 1 is 1.44 bits per heavy atom. The molecule has 3 nitrogen and oxygen atoms in total. The van der Waals surface area contributed by atoms with Crippen LogP contribution in [0.4, 0.5) is 0 Å². The zero-order valence-electron chi connectivity index (χ0n) is 11.5. The van der Waals surface area contributed by atoms with Gasteiger partial charge in [0.25, 0.3) is 0 Å². The molecule has 0 bridgehead atoms. The third kappa shape index (κ3) is 4.69. The van der Waals surface area contributed by atoms with E-state index in [1.165, 1.54) is 5.56 Å². The summed E-state index contributed by atoms with van der Waals surface area (Å²) < 4.78 is 1.09. The number of hydrogen-bond acceptors (Lipinski definition) is 1. The zero-order valence-corrected chi connectivity index (χ0v) is 13.1. The Hall–Kier alpha value is -1.03. The number of aliphatic imine (C=N–C) groups is 1. The van der Waals surface area contributed by atoms with Crippen LogP contribution in [-0.4, -0.2) is 18.5 Å². The SMILES string of the molecule is CC(C)NC(N)=NCC(C)(C)c1cccc(Br)c1. The Bertz CT molecular complexity index is 425. The first kappa shape index (κ1) is 15.0. The van der Waals surface area contributed by atoms with E-state index in [2.05, 4.69) is 52.2 Å². The lowest BCUT2D eigenvalue weighted by molar-refractivity contribution is 0.537. The van der Waals surface area contributed by atoms with Crippen LogP contribution < -0.4 is 11.1 Å². The number of hydrogen-bond donors (Lipinski definition) is 2.